The van der Waals surface area contributed by atoms with Crippen molar-refractivity contribution in [1.29, 1.82) is 0 Å². The highest BCUT2D eigenvalue weighted by Crippen LogP contribution is 2.27. The van der Waals surface area contributed by atoms with Crippen molar-refractivity contribution >= 4 is 34.7 Å². The van der Waals surface area contributed by atoms with Crippen LogP contribution in [-0.2, 0) is 14.3 Å². The van der Waals surface area contributed by atoms with Gasteiger partial charge in [-0.1, -0.05) is 22.6 Å². The summed E-state index contributed by atoms with van der Waals surface area (Å²) in [6.07, 6.45) is 0.208. The van der Waals surface area contributed by atoms with Crippen LogP contribution in [-0.4, -0.2) is 46.7 Å². The zero-order valence-corrected chi connectivity index (χ0v) is 13.4. The molecule has 104 valence electrons. The van der Waals surface area contributed by atoms with Gasteiger partial charge in [0, 0.05) is 11.0 Å². The van der Waals surface area contributed by atoms with E-state index in [0.29, 0.717) is 18.9 Å². The molecular weight excluding hydrogens is 349 g/mol. The van der Waals surface area contributed by atoms with Crippen LogP contribution in [0.4, 0.5) is 4.79 Å². The van der Waals surface area contributed by atoms with Crippen molar-refractivity contribution in [3.63, 3.8) is 0 Å². The summed E-state index contributed by atoms with van der Waals surface area (Å²) in [5, 5.41) is 0. The monoisotopic (exact) mass is 369 g/mol. The van der Waals surface area contributed by atoms with Gasteiger partial charge in [0.2, 0.25) is 0 Å². The van der Waals surface area contributed by atoms with E-state index in [1.54, 1.807) is 0 Å². The predicted molar refractivity (Wildman–Crippen MR) is 75.7 cm³/mol. The molecule has 18 heavy (non-hydrogen) atoms. The normalized spacial score (nSPS) is 23.9. The molecule has 0 saturated carbocycles. The molecule has 1 rings (SSSR count). The Morgan fingerprint density at radius 2 is 2.00 bits per heavy atom. The number of carbonyl (C=O) groups excluding carboxylic acids is 2. The summed E-state index contributed by atoms with van der Waals surface area (Å²) in [6.45, 7) is 5.98. The third kappa shape index (κ3) is 4.00. The maximum atomic E-state index is 12.0. The van der Waals surface area contributed by atoms with Gasteiger partial charge in [0.25, 0.3) is 0 Å². The Morgan fingerprint density at radius 3 is 2.44 bits per heavy atom. The molecule has 1 fully saturated rings. The second-order valence-electron chi connectivity index (χ2n) is 5.43. The van der Waals surface area contributed by atoms with Crippen molar-refractivity contribution in [3.05, 3.63) is 0 Å². The van der Waals surface area contributed by atoms with E-state index in [-0.39, 0.29) is 5.97 Å². The number of methoxy groups -OCH3 is 1. The maximum Gasteiger partial charge on any atom is 0.411 e. The summed E-state index contributed by atoms with van der Waals surface area (Å²) in [5.74, 6) is -0.0459. The van der Waals surface area contributed by atoms with Crippen LogP contribution < -0.4 is 0 Å². The fraction of sp³-hybridized carbons (Fsp3) is 0.833. The summed E-state index contributed by atoms with van der Waals surface area (Å²) in [7, 11) is 1.34. The fourth-order valence-electron chi connectivity index (χ4n) is 1.92. The van der Waals surface area contributed by atoms with Gasteiger partial charge in [0.1, 0.15) is 11.6 Å². The first-order chi connectivity index (χ1) is 8.28. The summed E-state index contributed by atoms with van der Waals surface area (Å²) in [5.41, 5.74) is -0.555. The molecule has 0 aromatic carbocycles. The minimum Gasteiger partial charge on any atom is -0.467 e. The fourth-order valence-corrected chi connectivity index (χ4v) is 2.55. The summed E-state index contributed by atoms with van der Waals surface area (Å²) < 4.78 is 11.0. The molecule has 2 atom stereocenters. The van der Waals surface area contributed by atoms with Gasteiger partial charge in [-0.25, -0.2) is 9.59 Å². The Kier molecular flexibility index (Phi) is 5.24. The van der Waals surface area contributed by atoms with Gasteiger partial charge >= 0.3 is 12.1 Å². The third-order valence-corrected chi connectivity index (χ3v) is 3.95. The zero-order chi connectivity index (χ0) is 13.9. The van der Waals surface area contributed by atoms with Crippen LogP contribution in [0, 0.1) is 5.92 Å². The van der Waals surface area contributed by atoms with Crippen molar-refractivity contribution in [3.8, 4) is 0 Å². The molecule has 0 aromatic heterocycles. The highest BCUT2D eigenvalue weighted by atomic mass is 127. The van der Waals surface area contributed by atoms with Gasteiger partial charge in [-0.15, -0.1) is 0 Å². The number of carbonyl (C=O) groups is 2. The zero-order valence-electron chi connectivity index (χ0n) is 11.2. The molecule has 1 amide bonds. The number of likely N-dealkylation sites (tertiary alicyclic amines) is 1. The second-order valence-corrected chi connectivity index (χ2v) is 6.31. The van der Waals surface area contributed by atoms with Crippen molar-refractivity contribution in [2.24, 2.45) is 5.92 Å². The van der Waals surface area contributed by atoms with Gasteiger partial charge < -0.3 is 9.47 Å². The Labute approximate surface area is 121 Å². The first-order valence-electron chi connectivity index (χ1n) is 5.92. The lowest BCUT2D eigenvalue weighted by molar-refractivity contribution is -0.145. The lowest BCUT2D eigenvalue weighted by Crippen LogP contribution is -2.43. The Hall–Kier alpha value is -0.530. The van der Waals surface area contributed by atoms with Gasteiger partial charge in [-0.3, -0.25) is 4.90 Å². The average molecular weight is 369 g/mol. The third-order valence-electron chi connectivity index (χ3n) is 2.71. The van der Waals surface area contributed by atoms with Crippen LogP contribution in [0.1, 0.15) is 27.2 Å². The van der Waals surface area contributed by atoms with E-state index in [1.165, 1.54) is 12.0 Å². The van der Waals surface area contributed by atoms with Crippen molar-refractivity contribution in [1.82, 2.24) is 4.90 Å². The van der Waals surface area contributed by atoms with Crippen molar-refractivity contribution < 1.29 is 19.1 Å². The number of rotatable bonds is 2. The summed E-state index contributed by atoms with van der Waals surface area (Å²) in [4.78, 5) is 25.2. The smallest absolute Gasteiger partial charge is 0.411 e. The quantitative estimate of drug-likeness (QED) is 0.426. The van der Waals surface area contributed by atoms with E-state index in [2.05, 4.69) is 22.6 Å². The molecule has 0 unspecified atom stereocenters. The van der Waals surface area contributed by atoms with E-state index in [4.69, 9.17) is 9.47 Å². The Balaban J connectivity index is 2.77. The van der Waals surface area contributed by atoms with Crippen LogP contribution in [0.3, 0.4) is 0 Å². The molecular formula is C12H20INO4. The van der Waals surface area contributed by atoms with E-state index in [1.807, 2.05) is 20.8 Å². The lowest BCUT2D eigenvalue weighted by atomic mass is 10.1. The van der Waals surface area contributed by atoms with Crippen LogP contribution in [0.2, 0.25) is 0 Å². The average Bonchev–Trinajstić information content (AvgIpc) is 2.69. The minimum absolute atomic E-state index is 0.321. The van der Waals surface area contributed by atoms with Gasteiger partial charge in [0.05, 0.1) is 7.11 Å². The second kappa shape index (κ2) is 6.08. The largest absolute Gasteiger partial charge is 0.467 e. The van der Waals surface area contributed by atoms with Gasteiger partial charge in [0.15, 0.2) is 0 Å². The molecule has 1 aliphatic rings. The molecule has 0 bridgehead atoms. The molecule has 0 radical (unpaired) electrons. The van der Waals surface area contributed by atoms with Gasteiger partial charge in [-0.2, -0.15) is 0 Å². The number of nitrogens with zero attached hydrogens (tertiary/aromatic N) is 1. The SMILES string of the molecule is COC(=O)[C@@H]1C[C@@H](CI)CN1C(=O)OC(C)(C)C. The van der Waals surface area contributed by atoms with Crippen molar-refractivity contribution in [2.45, 2.75) is 38.8 Å². The van der Waals surface area contributed by atoms with E-state index < -0.39 is 17.7 Å². The van der Waals surface area contributed by atoms with Crippen molar-refractivity contribution in [2.75, 3.05) is 18.1 Å². The molecule has 1 aliphatic heterocycles. The molecule has 1 saturated heterocycles. The Bertz CT molecular complexity index is 327. The highest BCUT2D eigenvalue weighted by molar-refractivity contribution is 14.1. The lowest BCUT2D eigenvalue weighted by Gasteiger charge is -2.27. The molecule has 1 heterocycles. The van der Waals surface area contributed by atoms with E-state index in [0.717, 1.165) is 4.43 Å². The Morgan fingerprint density at radius 1 is 1.39 bits per heavy atom. The number of hydrogen-bond donors (Lipinski definition) is 0. The van der Waals surface area contributed by atoms with Gasteiger partial charge in [-0.05, 0) is 33.1 Å². The number of ether oxygens (including phenoxy) is 2. The number of halogens is 1. The van der Waals surface area contributed by atoms with E-state index >= 15 is 0 Å². The highest BCUT2D eigenvalue weighted by Gasteiger charge is 2.41. The summed E-state index contributed by atoms with van der Waals surface area (Å²) in [6, 6.07) is -0.510. The van der Waals surface area contributed by atoms with Crippen LogP contribution in [0.25, 0.3) is 0 Å². The first-order valence-corrected chi connectivity index (χ1v) is 7.44. The number of alkyl halides is 1. The molecule has 0 spiro atoms. The number of amides is 1. The number of esters is 1. The standard InChI is InChI=1S/C12H20INO4/c1-12(2,3)18-11(16)14-7-8(6-13)5-9(14)10(15)17-4/h8-9H,5-7H2,1-4H3/t8-,9-/m0/s1. The van der Waals surface area contributed by atoms with E-state index in [9.17, 15) is 9.59 Å². The molecule has 5 nitrogen and oxygen atoms in total. The molecule has 6 heteroatoms. The van der Waals surface area contributed by atoms with Crippen LogP contribution >= 0.6 is 22.6 Å². The minimum atomic E-state index is -0.555. The topological polar surface area (TPSA) is 55.8 Å². The maximum absolute atomic E-state index is 12.0. The number of hydrogen-bond acceptors (Lipinski definition) is 4. The molecule has 0 N–H and O–H groups in total. The van der Waals surface area contributed by atoms with Crippen LogP contribution in [0.15, 0.2) is 0 Å². The summed E-state index contributed by atoms with van der Waals surface area (Å²) >= 11 is 2.27. The van der Waals surface area contributed by atoms with Crippen LogP contribution in [0.5, 0.6) is 0 Å². The molecule has 0 aromatic rings. The molecule has 0 aliphatic carbocycles. The predicted octanol–water partition coefficient (Wildman–Crippen LogP) is 2.22. The first kappa shape index (κ1) is 15.5.